The highest BCUT2D eigenvalue weighted by Crippen LogP contribution is 2.27. The van der Waals surface area contributed by atoms with Crippen LogP contribution >= 0.6 is 0 Å². The molecule has 0 spiro atoms. The molecule has 0 saturated heterocycles. The van der Waals surface area contributed by atoms with E-state index in [1.807, 2.05) is 0 Å². The van der Waals surface area contributed by atoms with Crippen molar-refractivity contribution in [3.63, 3.8) is 0 Å². The van der Waals surface area contributed by atoms with Gasteiger partial charge < -0.3 is 15.9 Å². The van der Waals surface area contributed by atoms with E-state index < -0.39 is 12.2 Å². The Morgan fingerprint density at radius 3 is 2.06 bits per heavy atom. The minimum absolute atomic E-state index is 0.0483. The molecule has 0 heterocycles. The highest BCUT2D eigenvalue weighted by Gasteiger charge is 2.26. The van der Waals surface area contributed by atoms with Crippen LogP contribution in [0, 0.1) is 11.8 Å². The Morgan fingerprint density at radius 2 is 1.53 bits per heavy atom. The van der Waals surface area contributed by atoms with Crippen LogP contribution in [-0.2, 0) is 0 Å². The van der Waals surface area contributed by atoms with Crippen LogP contribution in [0.15, 0.2) is 0 Å². The Hall–Kier alpha value is -0.120. The van der Waals surface area contributed by atoms with E-state index in [0.717, 1.165) is 0 Å². The van der Waals surface area contributed by atoms with Gasteiger partial charge in [0.05, 0.1) is 12.2 Å². The molecule has 0 aromatic carbocycles. The second-order valence-corrected chi connectivity index (χ2v) is 6.06. The van der Waals surface area contributed by atoms with Crippen molar-refractivity contribution in [1.29, 1.82) is 0 Å². The van der Waals surface area contributed by atoms with Gasteiger partial charge in [0.2, 0.25) is 0 Å². The Kier molecular flexibility index (Phi) is 6.45. The number of hydrogen-bond acceptors (Lipinski definition) is 3. The van der Waals surface area contributed by atoms with Crippen LogP contribution in [0.3, 0.4) is 0 Å². The molecule has 0 bridgehead atoms. The van der Waals surface area contributed by atoms with Gasteiger partial charge in [0.1, 0.15) is 0 Å². The topological polar surface area (TPSA) is 66.5 Å². The summed E-state index contributed by atoms with van der Waals surface area (Å²) < 4.78 is 0. The van der Waals surface area contributed by atoms with E-state index in [4.69, 9.17) is 5.73 Å². The lowest BCUT2D eigenvalue weighted by Crippen LogP contribution is -2.39. The fourth-order valence-electron chi connectivity index (χ4n) is 2.83. The fraction of sp³-hybridized carbons (Fsp3) is 1.00. The van der Waals surface area contributed by atoms with Crippen LogP contribution in [0.2, 0.25) is 0 Å². The highest BCUT2D eigenvalue weighted by atomic mass is 16.3. The molecule has 17 heavy (non-hydrogen) atoms. The molecular weight excluding hydrogens is 214 g/mol. The smallest absolute Gasteiger partial charge is 0.0814 e. The zero-order valence-electron chi connectivity index (χ0n) is 11.3. The SMILES string of the molecule is CC(C)C[C@H](O)[C@H](O)CC(N)C1CCCCC1. The summed E-state index contributed by atoms with van der Waals surface area (Å²) in [6, 6.07) is 0.0483. The van der Waals surface area contributed by atoms with E-state index in [1.54, 1.807) is 0 Å². The standard InChI is InChI=1S/C14H29NO2/c1-10(2)8-13(16)14(17)9-12(15)11-6-4-3-5-7-11/h10-14,16-17H,3-9,15H2,1-2H3/t12?,13-,14+/m0/s1. The minimum Gasteiger partial charge on any atom is -0.390 e. The average molecular weight is 243 g/mol. The maximum Gasteiger partial charge on any atom is 0.0814 e. The van der Waals surface area contributed by atoms with E-state index in [2.05, 4.69) is 13.8 Å². The van der Waals surface area contributed by atoms with Gasteiger partial charge in [-0.15, -0.1) is 0 Å². The molecule has 4 N–H and O–H groups in total. The molecule has 1 aliphatic rings. The fourth-order valence-corrected chi connectivity index (χ4v) is 2.83. The third-order valence-corrected chi connectivity index (χ3v) is 3.93. The molecule has 3 heteroatoms. The van der Waals surface area contributed by atoms with Gasteiger partial charge in [0.25, 0.3) is 0 Å². The van der Waals surface area contributed by atoms with E-state index in [1.165, 1.54) is 32.1 Å². The molecule has 1 unspecified atom stereocenters. The van der Waals surface area contributed by atoms with E-state index in [-0.39, 0.29) is 6.04 Å². The molecule has 0 amide bonds. The molecule has 102 valence electrons. The number of nitrogens with two attached hydrogens (primary N) is 1. The Labute approximate surface area is 105 Å². The minimum atomic E-state index is -0.658. The van der Waals surface area contributed by atoms with Gasteiger partial charge >= 0.3 is 0 Å². The first kappa shape index (κ1) is 14.9. The lowest BCUT2D eigenvalue weighted by molar-refractivity contribution is -0.00446. The first-order valence-electron chi connectivity index (χ1n) is 7.12. The Morgan fingerprint density at radius 1 is 1.00 bits per heavy atom. The van der Waals surface area contributed by atoms with Crippen molar-refractivity contribution in [2.75, 3.05) is 0 Å². The van der Waals surface area contributed by atoms with Crippen LogP contribution in [-0.4, -0.2) is 28.5 Å². The third kappa shape index (κ3) is 5.36. The van der Waals surface area contributed by atoms with Gasteiger partial charge in [0.15, 0.2) is 0 Å². The summed E-state index contributed by atoms with van der Waals surface area (Å²) in [7, 11) is 0. The van der Waals surface area contributed by atoms with Crippen LogP contribution in [0.5, 0.6) is 0 Å². The van der Waals surface area contributed by atoms with Gasteiger partial charge in [-0.25, -0.2) is 0 Å². The van der Waals surface area contributed by atoms with Gasteiger partial charge in [-0.1, -0.05) is 33.1 Å². The van der Waals surface area contributed by atoms with Gasteiger partial charge in [-0.2, -0.15) is 0 Å². The second kappa shape index (κ2) is 7.34. The lowest BCUT2D eigenvalue weighted by atomic mass is 9.81. The van der Waals surface area contributed by atoms with Crippen LogP contribution < -0.4 is 5.73 Å². The maximum atomic E-state index is 9.94. The van der Waals surface area contributed by atoms with Crippen molar-refractivity contribution < 1.29 is 10.2 Å². The van der Waals surface area contributed by atoms with Crippen molar-refractivity contribution in [3.05, 3.63) is 0 Å². The maximum absolute atomic E-state index is 9.94. The van der Waals surface area contributed by atoms with Gasteiger partial charge in [0, 0.05) is 6.04 Å². The van der Waals surface area contributed by atoms with Crippen molar-refractivity contribution >= 4 is 0 Å². The predicted molar refractivity (Wildman–Crippen MR) is 70.6 cm³/mol. The van der Waals surface area contributed by atoms with Crippen LogP contribution in [0.25, 0.3) is 0 Å². The van der Waals surface area contributed by atoms with Crippen LogP contribution in [0.4, 0.5) is 0 Å². The number of aliphatic hydroxyl groups excluding tert-OH is 2. The van der Waals surface area contributed by atoms with Crippen molar-refractivity contribution in [1.82, 2.24) is 0 Å². The molecule has 0 radical (unpaired) electrons. The molecule has 1 rings (SSSR count). The van der Waals surface area contributed by atoms with E-state index in [0.29, 0.717) is 24.7 Å². The highest BCUT2D eigenvalue weighted by molar-refractivity contribution is 4.81. The number of rotatable bonds is 6. The Bertz CT molecular complexity index is 202. The summed E-state index contributed by atoms with van der Waals surface area (Å²) in [6.45, 7) is 4.11. The first-order chi connectivity index (χ1) is 8.00. The molecule has 0 aromatic heterocycles. The van der Waals surface area contributed by atoms with E-state index >= 15 is 0 Å². The average Bonchev–Trinajstić information content (AvgIpc) is 2.29. The monoisotopic (exact) mass is 243 g/mol. The lowest BCUT2D eigenvalue weighted by Gasteiger charge is -2.30. The molecule has 0 aliphatic heterocycles. The summed E-state index contributed by atoms with van der Waals surface area (Å²) in [4.78, 5) is 0. The zero-order valence-corrected chi connectivity index (χ0v) is 11.3. The summed E-state index contributed by atoms with van der Waals surface area (Å²) in [5.74, 6) is 0.954. The Balaban J connectivity index is 2.30. The molecule has 1 saturated carbocycles. The number of aliphatic hydroxyl groups is 2. The summed E-state index contributed by atoms with van der Waals surface area (Å²) in [6.07, 6.45) is 6.15. The predicted octanol–water partition coefficient (Wildman–Crippen LogP) is 2.05. The van der Waals surface area contributed by atoms with Crippen molar-refractivity contribution in [3.8, 4) is 0 Å². The summed E-state index contributed by atoms with van der Waals surface area (Å²) >= 11 is 0. The normalized spacial score (nSPS) is 23.6. The largest absolute Gasteiger partial charge is 0.390 e. The van der Waals surface area contributed by atoms with Gasteiger partial charge in [-0.05, 0) is 37.5 Å². The van der Waals surface area contributed by atoms with Crippen molar-refractivity contribution in [2.24, 2.45) is 17.6 Å². The van der Waals surface area contributed by atoms with E-state index in [9.17, 15) is 10.2 Å². The molecule has 1 aliphatic carbocycles. The molecule has 1 fully saturated rings. The number of hydrogen-bond donors (Lipinski definition) is 3. The third-order valence-electron chi connectivity index (χ3n) is 3.93. The quantitative estimate of drug-likeness (QED) is 0.669. The summed E-state index contributed by atoms with van der Waals surface area (Å²) in [5, 5.41) is 19.8. The second-order valence-electron chi connectivity index (χ2n) is 6.06. The zero-order chi connectivity index (χ0) is 12.8. The van der Waals surface area contributed by atoms with Crippen molar-refractivity contribution in [2.45, 2.75) is 77.0 Å². The molecular formula is C14H29NO2. The summed E-state index contributed by atoms with van der Waals surface area (Å²) in [5.41, 5.74) is 6.15. The van der Waals surface area contributed by atoms with Gasteiger partial charge in [-0.3, -0.25) is 0 Å². The molecule has 0 aromatic rings. The first-order valence-corrected chi connectivity index (χ1v) is 7.12. The molecule has 3 atom stereocenters. The van der Waals surface area contributed by atoms with Crippen LogP contribution in [0.1, 0.15) is 58.8 Å². The molecule has 3 nitrogen and oxygen atoms in total.